The summed E-state index contributed by atoms with van der Waals surface area (Å²) >= 11 is 0. The van der Waals surface area contributed by atoms with Gasteiger partial charge in [-0.05, 0) is 30.7 Å². The highest BCUT2D eigenvalue weighted by Crippen LogP contribution is 2.10. The van der Waals surface area contributed by atoms with E-state index in [4.69, 9.17) is 5.26 Å². The Morgan fingerprint density at radius 2 is 1.94 bits per heavy atom. The molecule has 0 saturated carbocycles. The molecule has 6 heteroatoms. The highest BCUT2D eigenvalue weighted by atomic mass is 32.2. The first-order chi connectivity index (χ1) is 8.38. The summed E-state index contributed by atoms with van der Waals surface area (Å²) in [5, 5.41) is 11.3. The van der Waals surface area contributed by atoms with Crippen molar-refractivity contribution < 1.29 is 13.2 Å². The van der Waals surface area contributed by atoms with Crippen LogP contribution >= 0.6 is 0 Å². The van der Waals surface area contributed by atoms with Gasteiger partial charge in [0, 0.05) is 11.8 Å². The minimum atomic E-state index is -3.26. The zero-order chi connectivity index (χ0) is 13.8. The molecule has 0 aromatic heterocycles. The van der Waals surface area contributed by atoms with Gasteiger partial charge in [0.2, 0.25) is 0 Å². The van der Waals surface area contributed by atoms with E-state index in [1.165, 1.54) is 24.3 Å². The van der Waals surface area contributed by atoms with Gasteiger partial charge in [-0.3, -0.25) is 4.79 Å². The summed E-state index contributed by atoms with van der Waals surface area (Å²) in [6.45, 7) is 1.79. The number of nitrogens with zero attached hydrogens (tertiary/aromatic N) is 1. The number of nitrogens with one attached hydrogen (secondary N) is 1. The van der Waals surface area contributed by atoms with E-state index in [0.29, 0.717) is 12.0 Å². The van der Waals surface area contributed by atoms with Crippen LogP contribution in [0, 0.1) is 11.3 Å². The van der Waals surface area contributed by atoms with Gasteiger partial charge in [0.05, 0.1) is 11.0 Å². The highest BCUT2D eigenvalue weighted by Gasteiger charge is 2.12. The van der Waals surface area contributed by atoms with Gasteiger partial charge in [0.1, 0.15) is 6.04 Å². The molecule has 18 heavy (non-hydrogen) atoms. The Bertz CT molecular complexity index is 570. The lowest BCUT2D eigenvalue weighted by molar-refractivity contribution is 0.0944. The smallest absolute Gasteiger partial charge is 0.252 e. The molecule has 1 aromatic carbocycles. The lowest BCUT2D eigenvalue weighted by Crippen LogP contribution is -2.33. The van der Waals surface area contributed by atoms with Crippen LogP contribution in [0.25, 0.3) is 0 Å². The zero-order valence-electron chi connectivity index (χ0n) is 10.2. The number of rotatable bonds is 4. The van der Waals surface area contributed by atoms with Crippen molar-refractivity contribution in [1.82, 2.24) is 5.32 Å². The molecule has 1 N–H and O–H groups in total. The molecule has 0 saturated heterocycles. The van der Waals surface area contributed by atoms with E-state index in [1.807, 2.05) is 6.07 Å². The van der Waals surface area contributed by atoms with Crippen LogP contribution in [0.3, 0.4) is 0 Å². The van der Waals surface area contributed by atoms with Gasteiger partial charge in [-0.15, -0.1) is 0 Å². The van der Waals surface area contributed by atoms with Crippen molar-refractivity contribution in [3.8, 4) is 6.07 Å². The summed E-state index contributed by atoms with van der Waals surface area (Å²) in [6, 6.07) is 7.02. The third-order valence-electron chi connectivity index (χ3n) is 2.41. The van der Waals surface area contributed by atoms with E-state index < -0.39 is 15.9 Å². The van der Waals surface area contributed by atoms with Crippen molar-refractivity contribution in [2.24, 2.45) is 0 Å². The van der Waals surface area contributed by atoms with Crippen LogP contribution in [-0.4, -0.2) is 26.6 Å². The lowest BCUT2D eigenvalue weighted by Gasteiger charge is -2.09. The van der Waals surface area contributed by atoms with Crippen molar-refractivity contribution in [3.05, 3.63) is 29.8 Å². The largest absolute Gasteiger partial charge is 0.336 e. The predicted octanol–water partition coefficient (Wildman–Crippen LogP) is 1.12. The fourth-order valence-electron chi connectivity index (χ4n) is 1.32. The second kappa shape index (κ2) is 5.65. The maximum absolute atomic E-state index is 11.7. The molecule has 0 heterocycles. The van der Waals surface area contributed by atoms with E-state index in [2.05, 4.69) is 5.32 Å². The molecule has 1 amide bonds. The summed E-state index contributed by atoms with van der Waals surface area (Å²) in [6.07, 6.45) is 1.62. The van der Waals surface area contributed by atoms with Crippen LogP contribution in [-0.2, 0) is 9.84 Å². The molecule has 0 radical (unpaired) electrons. The predicted molar refractivity (Wildman–Crippen MR) is 66.7 cm³/mol. The number of carbonyl (C=O) groups is 1. The average Bonchev–Trinajstić information content (AvgIpc) is 2.34. The second-order valence-corrected chi connectivity index (χ2v) is 5.88. The molecule has 0 bridgehead atoms. The van der Waals surface area contributed by atoms with E-state index in [1.54, 1.807) is 6.92 Å². The maximum atomic E-state index is 11.7. The molecule has 1 atom stereocenters. The SMILES string of the molecule is CCC(C#N)NC(=O)c1ccc(S(C)(=O)=O)cc1. The van der Waals surface area contributed by atoms with Gasteiger partial charge in [0.25, 0.3) is 5.91 Å². The Labute approximate surface area is 106 Å². The van der Waals surface area contributed by atoms with Crippen molar-refractivity contribution in [1.29, 1.82) is 5.26 Å². The van der Waals surface area contributed by atoms with Gasteiger partial charge in [0.15, 0.2) is 9.84 Å². The summed E-state index contributed by atoms with van der Waals surface area (Å²) in [4.78, 5) is 11.9. The standard InChI is InChI=1S/C12H14N2O3S/c1-3-10(8-13)14-12(15)9-4-6-11(7-5-9)18(2,16)17/h4-7,10H,3H2,1-2H3,(H,14,15). The number of hydrogen-bond donors (Lipinski definition) is 1. The molecule has 0 fully saturated rings. The number of amides is 1. The molecule has 0 aliphatic rings. The average molecular weight is 266 g/mol. The van der Waals surface area contributed by atoms with E-state index in [9.17, 15) is 13.2 Å². The van der Waals surface area contributed by atoms with E-state index >= 15 is 0 Å². The molecule has 5 nitrogen and oxygen atoms in total. The molecule has 96 valence electrons. The maximum Gasteiger partial charge on any atom is 0.252 e. The Kier molecular flexibility index (Phi) is 4.45. The minimum Gasteiger partial charge on any atom is -0.336 e. The van der Waals surface area contributed by atoms with Crippen LogP contribution in [0.2, 0.25) is 0 Å². The lowest BCUT2D eigenvalue weighted by atomic mass is 10.2. The molecule has 1 rings (SSSR count). The monoisotopic (exact) mass is 266 g/mol. The van der Waals surface area contributed by atoms with Crippen LogP contribution in [0.1, 0.15) is 23.7 Å². The number of nitriles is 1. The summed E-state index contributed by atoms with van der Waals surface area (Å²) in [5.41, 5.74) is 0.330. The number of sulfone groups is 1. The van der Waals surface area contributed by atoms with Crippen molar-refractivity contribution in [3.63, 3.8) is 0 Å². The summed E-state index contributed by atoms with van der Waals surface area (Å²) < 4.78 is 22.5. The number of carbonyl (C=O) groups excluding carboxylic acids is 1. The first-order valence-corrected chi connectivity index (χ1v) is 7.28. The fraction of sp³-hybridized carbons (Fsp3) is 0.333. The summed E-state index contributed by atoms with van der Waals surface area (Å²) in [5.74, 6) is -0.386. The van der Waals surface area contributed by atoms with Gasteiger partial charge in [-0.1, -0.05) is 6.92 Å². The summed E-state index contributed by atoms with van der Waals surface area (Å²) in [7, 11) is -3.26. The third-order valence-corrected chi connectivity index (χ3v) is 3.54. The van der Waals surface area contributed by atoms with Gasteiger partial charge in [-0.2, -0.15) is 5.26 Å². The minimum absolute atomic E-state index is 0.159. The van der Waals surface area contributed by atoms with Gasteiger partial charge < -0.3 is 5.32 Å². The topological polar surface area (TPSA) is 87.0 Å². The number of benzene rings is 1. The van der Waals surface area contributed by atoms with Gasteiger partial charge >= 0.3 is 0 Å². The Morgan fingerprint density at radius 1 is 1.39 bits per heavy atom. The fourth-order valence-corrected chi connectivity index (χ4v) is 1.95. The molecule has 0 aliphatic carbocycles. The Balaban J connectivity index is 2.87. The third kappa shape index (κ3) is 3.57. The quantitative estimate of drug-likeness (QED) is 0.884. The molecular weight excluding hydrogens is 252 g/mol. The van der Waals surface area contributed by atoms with Gasteiger partial charge in [-0.25, -0.2) is 8.42 Å². The van der Waals surface area contributed by atoms with Crippen LogP contribution in [0.15, 0.2) is 29.2 Å². The van der Waals surface area contributed by atoms with E-state index in [-0.39, 0.29) is 10.8 Å². The van der Waals surface area contributed by atoms with E-state index in [0.717, 1.165) is 6.26 Å². The molecule has 0 spiro atoms. The molecule has 1 unspecified atom stereocenters. The normalized spacial score (nSPS) is 12.5. The van der Waals surface area contributed by atoms with Crippen LogP contribution in [0.4, 0.5) is 0 Å². The zero-order valence-corrected chi connectivity index (χ0v) is 11.0. The first-order valence-electron chi connectivity index (χ1n) is 5.39. The first kappa shape index (κ1) is 14.2. The van der Waals surface area contributed by atoms with Crippen molar-refractivity contribution >= 4 is 15.7 Å². The highest BCUT2D eigenvalue weighted by molar-refractivity contribution is 7.90. The van der Waals surface area contributed by atoms with Crippen LogP contribution < -0.4 is 5.32 Å². The Hall–Kier alpha value is -1.87. The van der Waals surface area contributed by atoms with Crippen molar-refractivity contribution in [2.75, 3.05) is 6.26 Å². The second-order valence-electron chi connectivity index (χ2n) is 3.86. The number of hydrogen-bond acceptors (Lipinski definition) is 4. The molecule has 0 aliphatic heterocycles. The van der Waals surface area contributed by atoms with Crippen molar-refractivity contribution in [2.45, 2.75) is 24.3 Å². The molecule has 1 aromatic rings. The molecular formula is C12H14N2O3S. The Morgan fingerprint density at radius 3 is 2.33 bits per heavy atom. The van der Waals surface area contributed by atoms with Crippen LogP contribution in [0.5, 0.6) is 0 Å².